The van der Waals surface area contributed by atoms with Gasteiger partial charge in [-0.1, -0.05) is 0 Å². The second kappa shape index (κ2) is 2.61. The van der Waals surface area contributed by atoms with Gasteiger partial charge in [-0.25, -0.2) is 4.98 Å². The highest BCUT2D eigenvalue weighted by atomic mass is 79.9. The zero-order chi connectivity index (χ0) is 8.55. The summed E-state index contributed by atoms with van der Waals surface area (Å²) in [6, 6.07) is 3.83. The molecule has 1 N–H and O–H groups in total. The molecular formula is C8H4BrN3. The molecule has 0 unspecified atom stereocenters. The zero-order valence-electron chi connectivity index (χ0n) is 6.00. The van der Waals surface area contributed by atoms with Gasteiger partial charge in [0.15, 0.2) is 0 Å². The Balaban J connectivity index is 2.82. The Labute approximate surface area is 77.2 Å². The fraction of sp³-hybridized carbons (Fsp3) is 0. The van der Waals surface area contributed by atoms with Crippen molar-refractivity contribution in [2.75, 3.05) is 0 Å². The summed E-state index contributed by atoms with van der Waals surface area (Å²) in [5.41, 5.74) is 1.36. The van der Waals surface area contributed by atoms with Crippen molar-refractivity contribution in [1.29, 1.82) is 5.26 Å². The van der Waals surface area contributed by atoms with E-state index in [4.69, 9.17) is 5.26 Å². The Kier molecular flexibility index (Phi) is 1.59. The topological polar surface area (TPSA) is 52.5 Å². The molecule has 0 spiro atoms. The quantitative estimate of drug-likeness (QED) is 0.742. The van der Waals surface area contributed by atoms with Gasteiger partial charge in [0.1, 0.15) is 11.7 Å². The molecule has 0 saturated carbocycles. The molecule has 0 bridgehead atoms. The molecule has 2 aromatic rings. The van der Waals surface area contributed by atoms with Gasteiger partial charge in [-0.3, -0.25) is 0 Å². The highest BCUT2D eigenvalue weighted by molar-refractivity contribution is 9.10. The van der Waals surface area contributed by atoms with Crippen LogP contribution in [0.4, 0.5) is 0 Å². The minimum Gasteiger partial charge on any atom is -0.345 e. The first-order chi connectivity index (χ1) is 5.81. The number of hydrogen-bond donors (Lipinski definition) is 1. The number of H-pyrrole nitrogens is 1. The number of nitrogens with one attached hydrogen (secondary N) is 1. The SMILES string of the molecule is N#Cc1cnc2[nH]cc(Br)c2c1. The summed E-state index contributed by atoms with van der Waals surface area (Å²) >= 11 is 3.35. The largest absolute Gasteiger partial charge is 0.345 e. The van der Waals surface area contributed by atoms with Crippen molar-refractivity contribution in [2.45, 2.75) is 0 Å². The van der Waals surface area contributed by atoms with Gasteiger partial charge >= 0.3 is 0 Å². The molecule has 0 atom stereocenters. The maximum absolute atomic E-state index is 8.61. The number of halogens is 1. The third kappa shape index (κ3) is 0.990. The lowest BCUT2D eigenvalue weighted by Crippen LogP contribution is -1.78. The van der Waals surface area contributed by atoms with E-state index in [0.717, 1.165) is 15.5 Å². The minimum atomic E-state index is 0.572. The smallest absolute Gasteiger partial charge is 0.138 e. The first kappa shape index (κ1) is 7.32. The van der Waals surface area contributed by atoms with E-state index >= 15 is 0 Å². The van der Waals surface area contributed by atoms with Crippen LogP contribution < -0.4 is 0 Å². The molecule has 2 rings (SSSR count). The molecule has 2 heterocycles. The third-order valence-corrected chi connectivity index (χ3v) is 2.27. The van der Waals surface area contributed by atoms with Gasteiger partial charge in [-0.05, 0) is 22.0 Å². The summed E-state index contributed by atoms with van der Waals surface area (Å²) in [7, 11) is 0. The van der Waals surface area contributed by atoms with Crippen molar-refractivity contribution < 1.29 is 0 Å². The Morgan fingerprint density at radius 1 is 1.58 bits per heavy atom. The lowest BCUT2D eigenvalue weighted by molar-refractivity contribution is 1.31. The number of aromatic nitrogens is 2. The molecule has 0 aliphatic rings. The van der Waals surface area contributed by atoms with E-state index in [0.29, 0.717) is 5.56 Å². The molecular weight excluding hydrogens is 218 g/mol. The van der Waals surface area contributed by atoms with E-state index in [1.54, 1.807) is 18.5 Å². The molecule has 4 heteroatoms. The predicted molar refractivity (Wildman–Crippen MR) is 48.5 cm³/mol. The van der Waals surface area contributed by atoms with E-state index in [9.17, 15) is 0 Å². The number of nitrogens with zero attached hydrogens (tertiary/aromatic N) is 2. The van der Waals surface area contributed by atoms with Gasteiger partial charge in [0, 0.05) is 22.3 Å². The summed E-state index contributed by atoms with van der Waals surface area (Å²) in [4.78, 5) is 7.04. The Hall–Kier alpha value is -1.34. The number of aromatic amines is 1. The van der Waals surface area contributed by atoms with Crippen LogP contribution in [0.25, 0.3) is 11.0 Å². The average Bonchev–Trinajstić information content (AvgIpc) is 2.47. The van der Waals surface area contributed by atoms with Crippen molar-refractivity contribution in [2.24, 2.45) is 0 Å². The Morgan fingerprint density at radius 2 is 2.42 bits per heavy atom. The summed E-state index contributed by atoms with van der Waals surface area (Å²) in [5.74, 6) is 0. The third-order valence-electron chi connectivity index (χ3n) is 1.61. The van der Waals surface area contributed by atoms with Crippen molar-refractivity contribution >= 4 is 27.0 Å². The maximum Gasteiger partial charge on any atom is 0.138 e. The van der Waals surface area contributed by atoms with Gasteiger partial charge in [0.2, 0.25) is 0 Å². The summed E-state index contributed by atoms with van der Waals surface area (Å²) < 4.78 is 0.933. The Bertz CT molecular complexity index is 467. The van der Waals surface area contributed by atoms with Crippen molar-refractivity contribution in [3.05, 3.63) is 28.5 Å². The van der Waals surface area contributed by atoms with Crippen LogP contribution in [-0.2, 0) is 0 Å². The molecule has 58 valence electrons. The molecule has 0 aromatic carbocycles. The fourth-order valence-electron chi connectivity index (χ4n) is 1.03. The van der Waals surface area contributed by atoms with Crippen LogP contribution in [0.1, 0.15) is 5.56 Å². The highest BCUT2D eigenvalue weighted by Gasteiger charge is 2.01. The molecule has 3 nitrogen and oxygen atoms in total. The van der Waals surface area contributed by atoms with Crippen molar-refractivity contribution in [3.8, 4) is 6.07 Å². The predicted octanol–water partition coefficient (Wildman–Crippen LogP) is 2.20. The van der Waals surface area contributed by atoms with E-state index < -0.39 is 0 Å². The van der Waals surface area contributed by atoms with Crippen LogP contribution in [0, 0.1) is 11.3 Å². The van der Waals surface area contributed by atoms with Crippen LogP contribution >= 0.6 is 15.9 Å². The summed E-state index contributed by atoms with van der Waals surface area (Å²) in [6.07, 6.45) is 3.35. The lowest BCUT2D eigenvalue weighted by atomic mass is 10.2. The second-order valence-corrected chi connectivity index (χ2v) is 3.22. The van der Waals surface area contributed by atoms with Crippen LogP contribution in [0.2, 0.25) is 0 Å². The molecule has 0 aliphatic carbocycles. The number of pyridine rings is 1. The van der Waals surface area contributed by atoms with Gasteiger partial charge < -0.3 is 4.98 Å². The van der Waals surface area contributed by atoms with Gasteiger partial charge in [-0.2, -0.15) is 5.26 Å². The van der Waals surface area contributed by atoms with Crippen LogP contribution in [0.15, 0.2) is 22.9 Å². The standard InChI is InChI=1S/C8H4BrN3/c9-7-4-12-8-6(7)1-5(2-10)3-11-8/h1,3-4H,(H,11,12). The van der Waals surface area contributed by atoms with Crippen LogP contribution in [0.3, 0.4) is 0 Å². The number of rotatable bonds is 0. The average molecular weight is 222 g/mol. The molecule has 0 amide bonds. The minimum absolute atomic E-state index is 0.572. The van der Waals surface area contributed by atoms with Crippen LogP contribution in [-0.4, -0.2) is 9.97 Å². The fourth-order valence-corrected chi connectivity index (χ4v) is 1.45. The second-order valence-electron chi connectivity index (χ2n) is 2.37. The van der Waals surface area contributed by atoms with E-state index in [1.165, 1.54) is 0 Å². The van der Waals surface area contributed by atoms with Gasteiger partial charge in [0.25, 0.3) is 0 Å². The summed E-state index contributed by atoms with van der Waals surface area (Å²) in [6.45, 7) is 0. The molecule has 0 fully saturated rings. The first-order valence-corrected chi connectivity index (χ1v) is 4.13. The molecule has 0 saturated heterocycles. The van der Waals surface area contributed by atoms with Gasteiger partial charge in [-0.15, -0.1) is 0 Å². The molecule has 0 aliphatic heterocycles. The zero-order valence-corrected chi connectivity index (χ0v) is 7.59. The Morgan fingerprint density at radius 3 is 3.17 bits per heavy atom. The monoisotopic (exact) mass is 221 g/mol. The first-order valence-electron chi connectivity index (χ1n) is 3.34. The van der Waals surface area contributed by atoms with Crippen molar-refractivity contribution in [1.82, 2.24) is 9.97 Å². The van der Waals surface area contributed by atoms with Gasteiger partial charge in [0.05, 0.1) is 5.56 Å². The number of nitriles is 1. The van der Waals surface area contributed by atoms with E-state index in [-0.39, 0.29) is 0 Å². The number of fused-ring (bicyclic) bond motifs is 1. The molecule has 12 heavy (non-hydrogen) atoms. The van der Waals surface area contributed by atoms with E-state index in [2.05, 4.69) is 25.9 Å². The molecule has 0 radical (unpaired) electrons. The lowest BCUT2D eigenvalue weighted by Gasteiger charge is -1.89. The maximum atomic E-state index is 8.61. The molecule has 2 aromatic heterocycles. The summed E-state index contributed by atoms with van der Waals surface area (Å²) in [5, 5.41) is 9.55. The van der Waals surface area contributed by atoms with E-state index in [1.807, 2.05) is 6.07 Å². The normalized spacial score (nSPS) is 10.0. The van der Waals surface area contributed by atoms with Crippen molar-refractivity contribution in [3.63, 3.8) is 0 Å². The highest BCUT2D eigenvalue weighted by Crippen LogP contribution is 2.22. The van der Waals surface area contributed by atoms with Crippen LogP contribution in [0.5, 0.6) is 0 Å². The number of hydrogen-bond acceptors (Lipinski definition) is 2.